The molecule has 198 valence electrons. The third-order valence-corrected chi connectivity index (χ3v) is 7.98. The number of hydrogen-bond donors (Lipinski definition) is 1. The van der Waals surface area contributed by atoms with Crippen molar-refractivity contribution in [1.82, 2.24) is 14.5 Å². The quantitative estimate of drug-likeness (QED) is 0.273. The average molecular weight is 512 g/mol. The van der Waals surface area contributed by atoms with E-state index in [0.717, 1.165) is 71.5 Å². The summed E-state index contributed by atoms with van der Waals surface area (Å²) in [6, 6.07) is 17.5. The van der Waals surface area contributed by atoms with Crippen LogP contribution in [-0.2, 0) is 23.2 Å². The number of aromatic nitrogens is 3. The lowest BCUT2D eigenvalue weighted by Gasteiger charge is -2.36. The Bertz CT molecular complexity index is 1450. The minimum Gasteiger partial charge on any atom is -0.478 e. The predicted octanol–water partition coefficient (Wildman–Crippen LogP) is 7.09. The molecule has 0 radical (unpaired) electrons. The summed E-state index contributed by atoms with van der Waals surface area (Å²) in [5, 5.41) is 10.0. The lowest BCUT2D eigenvalue weighted by Crippen LogP contribution is -2.27. The van der Waals surface area contributed by atoms with Crippen molar-refractivity contribution >= 4 is 17.1 Å². The van der Waals surface area contributed by atoms with Gasteiger partial charge in [-0.05, 0) is 61.4 Å². The Balaban J connectivity index is 1.58. The van der Waals surface area contributed by atoms with Gasteiger partial charge in [0.25, 0.3) is 0 Å². The lowest BCUT2D eigenvalue weighted by atomic mass is 9.70. The summed E-state index contributed by atoms with van der Waals surface area (Å²) < 4.78 is 8.54. The van der Waals surface area contributed by atoms with E-state index in [9.17, 15) is 9.90 Å². The maximum absolute atomic E-state index is 12.3. The average Bonchev–Trinajstić information content (AvgIpc) is 3.26. The number of imidazole rings is 1. The van der Waals surface area contributed by atoms with Crippen LogP contribution in [0.2, 0.25) is 0 Å². The highest BCUT2D eigenvalue weighted by Gasteiger charge is 2.33. The van der Waals surface area contributed by atoms with Gasteiger partial charge in [-0.2, -0.15) is 0 Å². The Morgan fingerprint density at radius 3 is 2.47 bits per heavy atom. The molecule has 2 aromatic heterocycles. The number of carboxylic acid groups (broad SMARTS) is 1. The summed E-state index contributed by atoms with van der Waals surface area (Å²) >= 11 is 0. The monoisotopic (exact) mass is 511 g/mol. The van der Waals surface area contributed by atoms with Crippen LogP contribution in [0.25, 0.3) is 11.2 Å². The number of nitrogens with zero attached hydrogens (tertiary/aromatic N) is 3. The second-order valence-electron chi connectivity index (χ2n) is 10.9. The molecule has 38 heavy (non-hydrogen) atoms. The highest BCUT2D eigenvalue weighted by atomic mass is 16.5. The number of ether oxygens (including phenoxy) is 1. The Labute approximate surface area is 224 Å². The number of benzene rings is 2. The van der Waals surface area contributed by atoms with Crippen molar-refractivity contribution in [2.75, 3.05) is 0 Å². The van der Waals surface area contributed by atoms with E-state index >= 15 is 0 Å². The van der Waals surface area contributed by atoms with Crippen LogP contribution < -0.4 is 4.74 Å². The van der Waals surface area contributed by atoms with Gasteiger partial charge in [0.05, 0.1) is 6.54 Å². The van der Waals surface area contributed by atoms with Crippen molar-refractivity contribution < 1.29 is 14.6 Å². The fourth-order valence-corrected chi connectivity index (χ4v) is 5.93. The van der Waals surface area contributed by atoms with Gasteiger partial charge in [0.1, 0.15) is 17.1 Å². The minimum atomic E-state index is -1.06. The number of pyridine rings is 1. The van der Waals surface area contributed by atoms with Crippen LogP contribution >= 0.6 is 0 Å². The summed E-state index contributed by atoms with van der Waals surface area (Å²) in [4.78, 5) is 22.0. The third-order valence-electron chi connectivity index (χ3n) is 7.98. The van der Waals surface area contributed by atoms with Crippen LogP contribution in [0, 0.1) is 13.8 Å². The lowest BCUT2D eigenvalue weighted by molar-refractivity contribution is -0.145. The van der Waals surface area contributed by atoms with E-state index in [-0.39, 0.29) is 5.41 Å². The Morgan fingerprint density at radius 2 is 1.79 bits per heavy atom. The van der Waals surface area contributed by atoms with E-state index < -0.39 is 12.1 Å². The summed E-state index contributed by atoms with van der Waals surface area (Å²) in [6.07, 6.45) is 5.43. The van der Waals surface area contributed by atoms with E-state index in [4.69, 9.17) is 14.7 Å². The molecule has 0 aliphatic heterocycles. The van der Waals surface area contributed by atoms with Crippen LogP contribution in [0.15, 0.2) is 54.6 Å². The molecule has 0 saturated heterocycles. The van der Waals surface area contributed by atoms with E-state index in [1.807, 2.05) is 43.3 Å². The van der Waals surface area contributed by atoms with Crippen LogP contribution in [-0.4, -0.2) is 25.6 Å². The van der Waals surface area contributed by atoms with Gasteiger partial charge < -0.3 is 14.4 Å². The topological polar surface area (TPSA) is 77.2 Å². The maximum atomic E-state index is 12.3. The molecule has 6 nitrogen and oxygen atoms in total. The van der Waals surface area contributed by atoms with E-state index in [1.54, 1.807) is 0 Å². The zero-order chi connectivity index (χ0) is 26.9. The first kappa shape index (κ1) is 26.0. The molecule has 1 aliphatic rings. The van der Waals surface area contributed by atoms with Crippen molar-refractivity contribution in [3.63, 3.8) is 0 Å². The molecule has 1 unspecified atom stereocenters. The molecule has 1 saturated carbocycles. The van der Waals surface area contributed by atoms with Gasteiger partial charge in [-0.1, -0.05) is 69.5 Å². The Hall–Kier alpha value is -3.67. The first-order valence-electron chi connectivity index (χ1n) is 13.7. The van der Waals surface area contributed by atoms with Crippen molar-refractivity contribution in [1.29, 1.82) is 0 Å². The minimum absolute atomic E-state index is 0.0701. The largest absolute Gasteiger partial charge is 0.478 e. The van der Waals surface area contributed by atoms with Crippen molar-refractivity contribution in [3.8, 4) is 5.75 Å². The fraction of sp³-hybridized carbons (Fsp3) is 0.406. The van der Waals surface area contributed by atoms with Gasteiger partial charge >= 0.3 is 5.97 Å². The van der Waals surface area contributed by atoms with Crippen molar-refractivity contribution in [2.24, 2.45) is 0 Å². The molecular formula is C32H37N3O3. The highest BCUT2D eigenvalue weighted by Crippen LogP contribution is 2.44. The summed E-state index contributed by atoms with van der Waals surface area (Å²) in [7, 11) is 0. The molecule has 1 N–H and O–H groups in total. The SMILES string of the molecule is CCc1nc2c(C)cc(C)nc2n1Cc1ccc(OC(C(=O)O)c2ccccc2)c(C2(C)CCCCC2)c1. The van der Waals surface area contributed by atoms with Gasteiger partial charge in [0.2, 0.25) is 6.10 Å². The standard InChI is InChI=1S/C32H37N3O3/c1-5-27-34-28-21(2)18-22(3)33-30(28)35(27)20-23-14-15-26(25(19-23)32(4)16-10-7-11-17-32)38-29(31(36)37)24-12-8-6-9-13-24/h6,8-9,12-15,18-19,29H,5,7,10-11,16-17,20H2,1-4H3,(H,36,37). The van der Waals surface area contributed by atoms with E-state index in [0.29, 0.717) is 17.9 Å². The number of fused-ring (bicyclic) bond motifs is 1. The molecule has 2 heterocycles. The van der Waals surface area contributed by atoms with Gasteiger partial charge in [0.15, 0.2) is 5.65 Å². The van der Waals surface area contributed by atoms with Crippen LogP contribution in [0.4, 0.5) is 0 Å². The first-order valence-corrected chi connectivity index (χ1v) is 13.7. The smallest absolute Gasteiger partial charge is 0.349 e. The number of carboxylic acids is 1. The number of carbonyl (C=O) groups is 1. The highest BCUT2D eigenvalue weighted by molar-refractivity contribution is 5.76. The fourth-order valence-electron chi connectivity index (χ4n) is 5.93. The van der Waals surface area contributed by atoms with Crippen molar-refractivity contribution in [2.45, 2.75) is 84.3 Å². The molecular weight excluding hydrogens is 474 g/mol. The Morgan fingerprint density at radius 1 is 1.05 bits per heavy atom. The molecule has 6 heteroatoms. The van der Waals surface area contributed by atoms with Gasteiger partial charge in [-0.25, -0.2) is 14.8 Å². The van der Waals surface area contributed by atoms with Crippen LogP contribution in [0.5, 0.6) is 5.75 Å². The van der Waals surface area contributed by atoms with Gasteiger partial charge in [0, 0.05) is 23.2 Å². The first-order chi connectivity index (χ1) is 18.3. The second kappa shape index (κ2) is 10.6. The normalized spacial score (nSPS) is 15.9. The zero-order valence-electron chi connectivity index (χ0n) is 22.8. The van der Waals surface area contributed by atoms with Gasteiger partial charge in [-0.3, -0.25) is 0 Å². The predicted molar refractivity (Wildman–Crippen MR) is 150 cm³/mol. The molecule has 1 aliphatic carbocycles. The number of aliphatic carboxylic acids is 1. The summed E-state index contributed by atoms with van der Waals surface area (Å²) in [6.45, 7) is 9.19. The molecule has 1 fully saturated rings. The van der Waals surface area contributed by atoms with Crippen molar-refractivity contribution in [3.05, 3.63) is 88.4 Å². The number of hydrogen-bond acceptors (Lipinski definition) is 4. The number of aryl methyl sites for hydroxylation is 3. The third kappa shape index (κ3) is 5.04. The molecule has 5 rings (SSSR count). The molecule has 4 aromatic rings. The second-order valence-corrected chi connectivity index (χ2v) is 10.9. The molecule has 0 spiro atoms. The maximum Gasteiger partial charge on any atom is 0.349 e. The molecule has 2 aromatic carbocycles. The van der Waals surface area contributed by atoms with E-state index in [2.05, 4.69) is 43.5 Å². The summed E-state index contributed by atoms with van der Waals surface area (Å²) in [5.41, 5.74) is 6.80. The molecule has 0 bridgehead atoms. The van der Waals surface area contributed by atoms with Gasteiger partial charge in [-0.15, -0.1) is 0 Å². The van der Waals surface area contributed by atoms with E-state index in [1.165, 1.54) is 6.42 Å². The van der Waals surface area contributed by atoms with Crippen LogP contribution in [0.3, 0.4) is 0 Å². The summed E-state index contributed by atoms with van der Waals surface area (Å²) in [5.74, 6) is 0.682. The molecule has 0 amide bonds. The van der Waals surface area contributed by atoms with Crippen LogP contribution in [0.1, 0.15) is 85.8 Å². The zero-order valence-corrected chi connectivity index (χ0v) is 22.8. The number of rotatable bonds is 8. The molecule has 1 atom stereocenters. The Kier molecular flexibility index (Phi) is 7.24.